The van der Waals surface area contributed by atoms with Crippen molar-refractivity contribution in [2.24, 2.45) is 0 Å². The van der Waals surface area contributed by atoms with Crippen molar-refractivity contribution < 1.29 is 19.1 Å². The lowest BCUT2D eigenvalue weighted by molar-refractivity contribution is -0.140. The molecule has 0 saturated heterocycles. The molecular formula is C15H15FN2O3S. The van der Waals surface area contributed by atoms with Gasteiger partial charge in [0.1, 0.15) is 11.9 Å². The maximum Gasteiger partial charge on any atom is 0.327 e. The van der Waals surface area contributed by atoms with Gasteiger partial charge in [0, 0.05) is 28.7 Å². The maximum absolute atomic E-state index is 13.4. The summed E-state index contributed by atoms with van der Waals surface area (Å²) in [7, 11) is 0. The van der Waals surface area contributed by atoms with Crippen LogP contribution in [0.15, 0.2) is 29.2 Å². The third-order valence-corrected chi connectivity index (χ3v) is 4.09. The second-order valence-electron chi connectivity index (χ2n) is 4.83. The fourth-order valence-electron chi connectivity index (χ4n) is 2.01. The number of nitrogens with one attached hydrogen (secondary N) is 1. The highest BCUT2D eigenvalue weighted by Crippen LogP contribution is 2.29. The molecule has 0 aliphatic rings. The number of pyridine rings is 1. The van der Waals surface area contributed by atoms with E-state index in [0.29, 0.717) is 10.9 Å². The molecule has 5 nitrogen and oxygen atoms in total. The van der Waals surface area contributed by atoms with Gasteiger partial charge < -0.3 is 10.4 Å². The van der Waals surface area contributed by atoms with Crippen molar-refractivity contribution in [1.82, 2.24) is 10.3 Å². The van der Waals surface area contributed by atoms with E-state index in [2.05, 4.69) is 10.3 Å². The van der Waals surface area contributed by atoms with E-state index in [0.717, 1.165) is 10.6 Å². The van der Waals surface area contributed by atoms with Crippen LogP contribution >= 0.6 is 11.8 Å². The Balaban J connectivity index is 2.28. The third-order valence-electron chi connectivity index (χ3n) is 2.94. The number of carbonyl (C=O) groups excluding carboxylic acids is 1. The molecule has 1 aromatic heterocycles. The number of fused-ring (bicyclic) bond motifs is 1. The number of hydrogen-bond acceptors (Lipinski definition) is 4. The second kappa shape index (κ2) is 6.74. The standard InChI is InChI=1S/C15H15FN2O3S/c1-8-5-14(11-6-10(16)3-4-12(11)17-8)22-7-13(15(20)21)18-9(2)19/h3-6,13H,7H2,1-2H3,(H,18,19)(H,20,21). The number of aryl methyl sites for hydroxylation is 1. The monoisotopic (exact) mass is 322 g/mol. The van der Waals surface area contributed by atoms with Crippen LogP contribution in [0.1, 0.15) is 12.6 Å². The van der Waals surface area contributed by atoms with Gasteiger partial charge >= 0.3 is 5.97 Å². The Morgan fingerprint density at radius 3 is 2.77 bits per heavy atom. The van der Waals surface area contributed by atoms with E-state index in [-0.39, 0.29) is 11.6 Å². The van der Waals surface area contributed by atoms with Crippen molar-refractivity contribution >= 4 is 34.5 Å². The summed E-state index contributed by atoms with van der Waals surface area (Å²) in [5, 5.41) is 12.1. The molecule has 1 heterocycles. The Hall–Kier alpha value is -2.15. The molecule has 2 aromatic rings. The fraction of sp³-hybridized carbons (Fsp3) is 0.267. The van der Waals surface area contributed by atoms with Crippen LogP contribution in [-0.2, 0) is 9.59 Å². The molecule has 0 spiro atoms. The number of nitrogens with zero attached hydrogens (tertiary/aromatic N) is 1. The van der Waals surface area contributed by atoms with Crippen LogP contribution in [0.5, 0.6) is 0 Å². The highest BCUT2D eigenvalue weighted by molar-refractivity contribution is 7.99. The molecule has 0 fully saturated rings. The fourth-order valence-corrected chi connectivity index (χ4v) is 3.15. The zero-order valence-electron chi connectivity index (χ0n) is 12.1. The number of hydrogen-bond donors (Lipinski definition) is 2. The van der Waals surface area contributed by atoms with Gasteiger partial charge in [-0.2, -0.15) is 0 Å². The molecule has 0 radical (unpaired) electrons. The van der Waals surface area contributed by atoms with E-state index >= 15 is 0 Å². The first-order valence-electron chi connectivity index (χ1n) is 6.56. The number of aromatic nitrogens is 1. The Labute approximate surface area is 130 Å². The number of thioether (sulfide) groups is 1. The highest BCUT2D eigenvalue weighted by Gasteiger charge is 2.19. The van der Waals surface area contributed by atoms with E-state index < -0.39 is 17.9 Å². The summed E-state index contributed by atoms with van der Waals surface area (Å²) in [6.45, 7) is 3.08. The largest absolute Gasteiger partial charge is 0.480 e. The van der Waals surface area contributed by atoms with Gasteiger partial charge in [0.05, 0.1) is 5.52 Å². The SMILES string of the molecule is CC(=O)NC(CSc1cc(C)nc2ccc(F)cc12)C(=O)O. The lowest BCUT2D eigenvalue weighted by Gasteiger charge is -2.14. The van der Waals surface area contributed by atoms with Crippen LogP contribution in [0.2, 0.25) is 0 Å². The normalized spacial score (nSPS) is 12.1. The summed E-state index contributed by atoms with van der Waals surface area (Å²) in [5.74, 6) is -1.75. The van der Waals surface area contributed by atoms with E-state index in [1.165, 1.54) is 30.8 Å². The number of benzene rings is 1. The van der Waals surface area contributed by atoms with Crippen molar-refractivity contribution in [2.45, 2.75) is 24.8 Å². The molecule has 0 aliphatic carbocycles. The lowest BCUT2D eigenvalue weighted by atomic mass is 10.2. The van der Waals surface area contributed by atoms with Crippen LogP contribution in [0.25, 0.3) is 10.9 Å². The predicted molar refractivity (Wildman–Crippen MR) is 82.4 cm³/mol. The minimum Gasteiger partial charge on any atom is -0.480 e. The molecule has 1 amide bonds. The van der Waals surface area contributed by atoms with Gasteiger partial charge in [-0.05, 0) is 31.2 Å². The molecule has 7 heteroatoms. The van der Waals surface area contributed by atoms with Crippen molar-refractivity contribution in [3.05, 3.63) is 35.8 Å². The summed E-state index contributed by atoms with van der Waals surface area (Å²) in [6.07, 6.45) is 0. The number of carboxylic acid groups (broad SMARTS) is 1. The Morgan fingerprint density at radius 2 is 2.14 bits per heavy atom. The third kappa shape index (κ3) is 3.94. The van der Waals surface area contributed by atoms with Gasteiger partial charge in [-0.1, -0.05) is 0 Å². The summed E-state index contributed by atoms with van der Waals surface area (Å²) >= 11 is 1.25. The van der Waals surface area contributed by atoms with Crippen LogP contribution in [-0.4, -0.2) is 33.8 Å². The van der Waals surface area contributed by atoms with Crippen molar-refractivity contribution in [1.29, 1.82) is 0 Å². The number of aliphatic carboxylic acids is 1. The smallest absolute Gasteiger partial charge is 0.327 e. The predicted octanol–water partition coefficient (Wildman–Crippen LogP) is 2.36. The van der Waals surface area contributed by atoms with E-state index in [9.17, 15) is 14.0 Å². The van der Waals surface area contributed by atoms with E-state index in [4.69, 9.17) is 5.11 Å². The summed E-state index contributed by atoms with van der Waals surface area (Å²) in [5.41, 5.74) is 1.41. The number of carboxylic acids is 1. The molecule has 22 heavy (non-hydrogen) atoms. The molecule has 2 rings (SSSR count). The first-order valence-corrected chi connectivity index (χ1v) is 7.55. The molecule has 1 aromatic carbocycles. The van der Waals surface area contributed by atoms with Crippen LogP contribution < -0.4 is 5.32 Å². The summed E-state index contributed by atoms with van der Waals surface area (Å²) in [6, 6.07) is 5.07. The van der Waals surface area contributed by atoms with E-state index in [1.54, 1.807) is 12.1 Å². The molecule has 116 valence electrons. The minimum atomic E-state index is -1.11. The van der Waals surface area contributed by atoms with Crippen LogP contribution in [0.3, 0.4) is 0 Å². The average molecular weight is 322 g/mol. The zero-order valence-corrected chi connectivity index (χ0v) is 12.9. The molecule has 0 bridgehead atoms. The molecule has 0 aliphatic heterocycles. The number of carbonyl (C=O) groups is 2. The number of rotatable bonds is 5. The van der Waals surface area contributed by atoms with Gasteiger partial charge in [0.2, 0.25) is 5.91 Å². The molecular weight excluding hydrogens is 307 g/mol. The first-order chi connectivity index (χ1) is 10.4. The van der Waals surface area contributed by atoms with Gasteiger partial charge in [-0.25, -0.2) is 9.18 Å². The first kappa shape index (κ1) is 16.2. The zero-order chi connectivity index (χ0) is 16.3. The van der Waals surface area contributed by atoms with Gasteiger partial charge in [-0.3, -0.25) is 9.78 Å². The second-order valence-corrected chi connectivity index (χ2v) is 5.89. The van der Waals surface area contributed by atoms with Gasteiger partial charge in [-0.15, -0.1) is 11.8 Å². The van der Waals surface area contributed by atoms with Crippen LogP contribution in [0, 0.1) is 12.7 Å². The van der Waals surface area contributed by atoms with E-state index in [1.807, 2.05) is 6.92 Å². The maximum atomic E-state index is 13.4. The van der Waals surface area contributed by atoms with Gasteiger partial charge in [0.15, 0.2) is 0 Å². The molecule has 0 saturated carbocycles. The minimum absolute atomic E-state index is 0.143. The quantitative estimate of drug-likeness (QED) is 0.826. The summed E-state index contributed by atoms with van der Waals surface area (Å²) in [4.78, 5) is 27.2. The Kier molecular flexibility index (Phi) is 4.97. The topological polar surface area (TPSA) is 79.3 Å². The lowest BCUT2D eigenvalue weighted by Crippen LogP contribution is -2.41. The molecule has 1 unspecified atom stereocenters. The van der Waals surface area contributed by atoms with Crippen molar-refractivity contribution in [2.75, 3.05) is 5.75 Å². The van der Waals surface area contributed by atoms with Crippen molar-refractivity contribution in [3.8, 4) is 0 Å². The molecule has 2 N–H and O–H groups in total. The highest BCUT2D eigenvalue weighted by atomic mass is 32.2. The van der Waals surface area contributed by atoms with Gasteiger partial charge in [0.25, 0.3) is 0 Å². The Bertz CT molecular complexity index is 736. The van der Waals surface area contributed by atoms with Crippen molar-refractivity contribution in [3.63, 3.8) is 0 Å². The summed E-state index contributed by atoms with van der Waals surface area (Å²) < 4.78 is 13.4. The number of halogens is 1. The average Bonchev–Trinajstić information content (AvgIpc) is 2.43. The number of amides is 1. The molecule has 1 atom stereocenters. The Morgan fingerprint density at radius 1 is 1.41 bits per heavy atom. The van der Waals surface area contributed by atoms with Crippen LogP contribution in [0.4, 0.5) is 4.39 Å².